The number of carboxylic acid groups (broad SMARTS) is 1. The third-order valence-corrected chi connectivity index (χ3v) is 5.22. The van der Waals surface area contributed by atoms with Crippen molar-refractivity contribution in [3.8, 4) is 0 Å². The molecule has 1 aromatic heterocycles. The number of aromatic nitrogens is 1. The van der Waals surface area contributed by atoms with Crippen LogP contribution in [0.1, 0.15) is 45.4 Å². The fourth-order valence-electron chi connectivity index (χ4n) is 3.13. The van der Waals surface area contributed by atoms with Crippen LogP contribution in [-0.2, 0) is 11.2 Å². The molecule has 0 saturated carbocycles. The van der Waals surface area contributed by atoms with E-state index in [2.05, 4.69) is 4.98 Å². The van der Waals surface area contributed by atoms with Crippen molar-refractivity contribution < 1.29 is 14.7 Å². The van der Waals surface area contributed by atoms with Crippen molar-refractivity contribution >= 4 is 23.2 Å². The highest BCUT2D eigenvalue weighted by Gasteiger charge is 2.25. The van der Waals surface area contributed by atoms with Crippen LogP contribution in [0.3, 0.4) is 0 Å². The van der Waals surface area contributed by atoms with E-state index in [1.807, 2.05) is 29.3 Å². The summed E-state index contributed by atoms with van der Waals surface area (Å²) in [6, 6.07) is 7.00. The molecule has 0 radical (unpaired) electrons. The molecule has 126 valence electrons. The number of likely N-dealkylation sites (tertiary alicyclic amines) is 1. The van der Waals surface area contributed by atoms with Gasteiger partial charge in [-0.1, -0.05) is 12.1 Å². The van der Waals surface area contributed by atoms with Gasteiger partial charge in [0.1, 0.15) is 0 Å². The molecule has 1 aliphatic rings. The maximum Gasteiger partial charge on any atom is 0.335 e. The zero-order valence-corrected chi connectivity index (χ0v) is 14.4. The largest absolute Gasteiger partial charge is 0.478 e. The van der Waals surface area contributed by atoms with Crippen LogP contribution in [0, 0.1) is 6.92 Å². The summed E-state index contributed by atoms with van der Waals surface area (Å²) >= 11 is 1.56. The molecule has 1 saturated heterocycles. The highest BCUT2D eigenvalue weighted by Crippen LogP contribution is 2.27. The SMILES string of the molecule is Cc1nc(CC(=O)N2CCCC(c3ccc(C(=O)O)cc3)C2)cs1. The van der Waals surface area contributed by atoms with E-state index in [4.69, 9.17) is 5.11 Å². The number of hydrogen-bond acceptors (Lipinski definition) is 4. The van der Waals surface area contributed by atoms with E-state index in [1.165, 1.54) is 0 Å². The third kappa shape index (κ3) is 3.82. The molecular formula is C18H20N2O3S. The van der Waals surface area contributed by atoms with Gasteiger partial charge in [-0.3, -0.25) is 4.79 Å². The Balaban J connectivity index is 1.65. The van der Waals surface area contributed by atoms with E-state index in [9.17, 15) is 9.59 Å². The number of rotatable bonds is 4. The first-order valence-corrected chi connectivity index (χ1v) is 8.93. The molecule has 2 heterocycles. The van der Waals surface area contributed by atoms with Crippen LogP contribution in [-0.4, -0.2) is 40.0 Å². The number of carbonyl (C=O) groups is 2. The zero-order chi connectivity index (χ0) is 17.1. The second kappa shape index (κ2) is 7.13. The average molecular weight is 344 g/mol. The molecule has 1 N–H and O–H groups in total. The van der Waals surface area contributed by atoms with Gasteiger partial charge in [-0.15, -0.1) is 11.3 Å². The standard InChI is InChI=1S/C18H20N2O3S/c1-12-19-16(11-24-12)9-17(21)20-8-2-3-15(10-20)13-4-6-14(7-5-13)18(22)23/h4-7,11,15H,2-3,8-10H2,1H3,(H,22,23). The Hall–Kier alpha value is -2.21. The van der Waals surface area contributed by atoms with Gasteiger partial charge in [0.25, 0.3) is 0 Å². The van der Waals surface area contributed by atoms with Crippen molar-refractivity contribution in [1.29, 1.82) is 0 Å². The van der Waals surface area contributed by atoms with E-state index in [-0.39, 0.29) is 11.8 Å². The molecule has 1 atom stereocenters. The average Bonchev–Trinajstić information content (AvgIpc) is 3.00. The summed E-state index contributed by atoms with van der Waals surface area (Å²) in [6.45, 7) is 3.41. The lowest BCUT2D eigenvalue weighted by molar-refractivity contribution is -0.131. The smallest absolute Gasteiger partial charge is 0.335 e. The first kappa shape index (κ1) is 16.6. The van der Waals surface area contributed by atoms with Crippen molar-refractivity contribution in [2.24, 2.45) is 0 Å². The molecule has 3 rings (SSSR count). The Morgan fingerprint density at radius 1 is 1.33 bits per heavy atom. The number of carbonyl (C=O) groups excluding carboxylic acids is 1. The Kier molecular flexibility index (Phi) is 4.94. The first-order valence-electron chi connectivity index (χ1n) is 8.05. The summed E-state index contributed by atoms with van der Waals surface area (Å²) in [5, 5.41) is 11.9. The quantitative estimate of drug-likeness (QED) is 0.925. The van der Waals surface area contributed by atoms with Crippen LogP contribution >= 0.6 is 11.3 Å². The fourth-order valence-corrected chi connectivity index (χ4v) is 3.74. The number of carboxylic acids is 1. The molecule has 0 aliphatic carbocycles. The van der Waals surface area contributed by atoms with E-state index < -0.39 is 5.97 Å². The maximum atomic E-state index is 12.5. The van der Waals surface area contributed by atoms with E-state index in [0.717, 1.165) is 35.7 Å². The minimum absolute atomic E-state index is 0.118. The number of benzene rings is 1. The number of hydrogen-bond donors (Lipinski definition) is 1. The van der Waals surface area contributed by atoms with Gasteiger partial charge in [0.2, 0.25) is 5.91 Å². The molecule has 5 nitrogen and oxygen atoms in total. The predicted octanol–water partition coefficient (Wildman–Crippen LogP) is 3.10. The Bertz CT molecular complexity index is 739. The van der Waals surface area contributed by atoms with Crippen molar-refractivity contribution in [2.45, 2.75) is 32.1 Å². The predicted molar refractivity (Wildman–Crippen MR) is 92.5 cm³/mol. The van der Waals surface area contributed by atoms with Gasteiger partial charge in [0.15, 0.2) is 0 Å². The van der Waals surface area contributed by atoms with Crippen LogP contribution in [0.2, 0.25) is 0 Å². The number of amides is 1. The van der Waals surface area contributed by atoms with Crippen molar-refractivity contribution in [1.82, 2.24) is 9.88 Å². The third-order valence-electron chi connectivity index (χ3n) is 4.40. The highest BCUT2D eigenvalue weighted by molar-refractivity contribution is 7.09. The normalized spacial score (nSPS) is 17.7. The van der Waals surface area contributed by atoms with Gasteiger partial charge in [-0.2, -0.15) is 0 Å². The minimum atomic E-state index is -0.916. The zero-order valence-electron chi connectivity index (χ0n) is 13.6. The molecule has 0 spiro atoms. The number of thiazole rings is 1. The number of aryl methyl sites for hydroxylation is 1. The van der Waals surface area contributed by atoms with Crippen molar-refractivity contribution in [3.05, 3.63) is 51.5 Å². The lowest BCUT2D eigenvalue weighted by Gasteiger charge is -2.33. The molecule has 1 amide bonds. The van der Waals surface area contributed by atoms with E-state index in [0.29, 0.717) is 18.5 Å². The molecule has 24 heavy (non-hydrogen) atoms. The molecule has 0 bridgehead atoms. The fraction of sp³-hybridized carbons (Fsp3) is 0.389. The molecule has 1 aromatic carbocycles. The van der Waals surface area contributed by atoms with Gasteiger partial charge in [0.05, 0.1) is 22.7 Å². The lowest BCUT2D eigenvalue weighted by Crippen LogP contribution is -2.40. The van der Waals surface area contributed by atoms with E-state index in [1.54, 1.807) is 23.5 Å². The van der Waals surface area contributed by atoms with Crippen LogP contribution in [0.4, 0.5) is 0 Å². The van der Waals surface area contributed by atoms with Crippen molar-refractivity contribution in [3.63, 3.8) is 0 Å². The minimum Gasteiger partial charge on any atom is -0.478 e. The second-order valence-corrected chi connectivity index (χ2v) is 7.20. The number of piperidine rings is 1. The summed E-state index contributed by atoms with van der Waals surface area (Å²) in [6.07, 6.45) is 2.34. The van der Waals surface area contributed by atoms with Crippen LogP contribution in [0.15, 0.2) is 29.6 Å². The molecule has 2 aromatic rings. The van der Waals surface area contributed by atoms with Gasteiger partial charge >= 0.3 is 5.97 Å². The molecule has 6 heteroatoms. The lowest BCUT2D eigenvalue weighted by atomic mass is 9.90. The maximum absolute atomic E-state index is 12.5. The second-order valence-electron chi connectivity index (χ2n) is 6.14. The Morgan fingerprint density at radius 3 is 2.71 bits per heavy atom. The summed E-state index contributed by atoms with van der Waals surface area (Å²) in [5.41, 5.74) is 2.24. The van der Waals surface area contributed by atoms with Crippen LogP contribution in [0.5, 0.6) is 0 Å². The summed E-state index contributed by atoms with van der Waals surface area (Å²) in [5.74, 6) is -0.532. The van der Waals surface area contributed by atoms with Gasteiger partial charge in [0, 0.05) is 24.4 Å². The van der Waals surface area contributed by atoms with Crippen LogP contribution < -0.4 is 0 Å². The van der Waals surface area contributed by atoms with E-state index >= 15 is 0 Å². The Morgan fingerprint density at radius 2 is 2.08 bits per heavy atom. The summed E-state index contributed by atoms with van der Waals surface area (Å²) in [4.78, 5) is 29.7. The van der Waals surface area contributed by atoms with Crippen LogP contribution in [0.25, 0.3) is 0 Å². The highest BCUT2D eigenvalue weighted by atomic mass is 32.1. The summed E-state index contributed by atoms with van der Waals surface area (Å²) < 4.78 is 0. The Labute approximate surface area is 145 Å². The first-order chi connectivity index (χ1) is 11.5. The monoisotopic (exact) mass is 344 g/mol. The van der Waals surface area contributed by atoms with Gasteiger partial charge in [-0.25, -0.2) is 9.78 Å². The van der Waals surface area contributed by atoms with Crippen molar-refractivity contribution in [2.75, 3.05) is 13.1 Å². The number of aromatic carboxylic acids is 1. The van der Waals surface area contributed by atoms with Gasteiger partial charge in [-0.05, 0) is 37.5 Å². The summed E-state index contributed by atoms with van der Waals surface area (Å²) in [7, 11) is 0. The molecular weight excluding hydrogens is 324 g/mol. The molecule has 1 unspecified atom stereocenters. The topological polar surface area (TPSA) is 70.5 Å². The molecule has 1 aliphatic heterocycles. The molecule has 1 fully saturated rings. The van der Waals surface area contributed by atoms with Gasteiger partial charge < -0.3 is 10.0 Å². The number of nitrogens with zero attached hydrogens (tertiary/aromatic N) is 2.